The maximum absolute atomic E-state index is 12.8. The van der Waals surface area contributed by atoms with Crippen LogP contribution in [0.5, 0.6) is 0 Å². The molecule has 0 saturated carbocycles. The third kappa shape index (κ3) is 1.74. The van der Waals surface area contributed by atoms with Gasteiger partial charge in [0.05, 0.1) is 4.88 Å². The fourth-order valence-corrected chi connectivity index (χ4v) is 1.47. The lowest BCUT2D eigenvalue weighted by molar-refractivity contribution is 0.500. The molecule has 1 rings (SSSR count). The maximum atomic E-state index is 12.8. The topological polar surface area (TPSA) is 12.9 Å². The largest absolute Gasteiger partial charge is 0.271 e. The van der Waals surface area contributed by atoms with E-state index in [-0.39, 0.29) is 5.41 Å². The highest BCUT2D eigenvalue weighted by molar-refractivity contribution is 7.10. The third-order valence-corrected chi connectivity index (χ3v) is 2.49. The standard InChI is InChI=1S/C7H9F2NS/c1-7(2,3)4-5(8)10-6(9)11-4/h1-3H3. The summed E-state index contributed by atoms with van der Waals surface area (Å²) in [6, 6.07) is 0. The second-order valence-corrected chi connectivity index (χ2v) is 4.29. The average Bonchev–Trinajstić information content (AvgIpc) is 2.08. The van der Waals surface area contributed by atoms with E-state index in [1.807, 2.05) is 20.8 Å². The molecular weight excluding hydrogens is 168 g/mol. The zero-order valence-corrected chi connectivity index (χ0v) is 7.43. The molecule has 0 amide bonds. The zero-order valence-electron chi connectivity index (χ0n) is 6.61. The lowest BCUT2D eigenvalue weighted by Crippen LogP contribution is -2.10. The first-order valence-corrected chi connectivity index (χ1v) is 4.05. The fraction of sp³-hybridized carbons (Fsp3) is 0.571. The van der Waals surface area contributed by atoms with Crippen LogP contribution in [0.25, 0.3) is 0 Å². The second kappa shape index (κ2) is 2.52. The maximum Gasteiger partial charge on any atom is 0.271 e. The predicted octanol–water partition coefficient (Wildman–Crippen LogP) is 2.72. The van der Waals surface area contributed by atoms with Crippen LogP contribution in [-0.4, -0.2) is 4.98 Å². The van der Waals surface area contributed by atoms with Crippen molar-refractivity contribution in [2.24, 2.45) is 0 Å². The number of rotatable bonds is 0. The molecule has 1 heterocycles. The van der Waals surface area contributed by atoms with Gasteiger partial charge in [-0.1, -0.05) is 32.1 Å². The molecule has 0 fully saturated rings. The summed E-state index contributed by atoms with van der Waals surface area (Å²) in [7, 11) is 0. The van der Waals surface area contributed by atoms with Crippen molar-refractivity contribution in [1.82, 2.24) is 4.98 Å². The first-order chi connectivity index (χ1) is 4.91. The van der Waals surface area contributed by atoms with E-state index in [9.17, 15) is 8.78 Å². The van der Waals surface area contributed by atoms with Gasteiger partial charge in [-0.05, 0) is 0 Å². The molecular formula is C7H9F2NS. The van der Waals surface area contributed by atoms with Crippen molar-refractivity contribution in [3.63, 3.8) is 0 Å². The molecule has 0 bridgehead atoms. The van der Waals surface area contributed by atoms with E-state index < -0.39 is 11.2 Å². The van der Waals surface area contributed by atoms with Crippen LogP contribution in [0.4, 0.5) is 8.78 Å². The van der Waals surface area contributed by atoms with Gasteiger partial charge in [-0.25, -0.2) is 0 Å². The average molecular weight is 177 g/mol. The van der Waals surface area contributed by atoms with E-state index in [2.05, 4.69) is 4.98 Å². The smallest absolute Gasteiger partial charge is 0.184 e. The molecule has 0 unspecified atom stereocenters. The van der Waals surface area contributed by atoms with Gasteiger partial charge in [0.25, 0.3) is 5.26 Å². The van der Waals surface area contributed by atoms with Crippen molar-refractivity contribution >= 4 is 11.3 Å². The minimum atomic E-state index is -0.701. The Kier molecular flexibility index (Phi) is 1.96. The van der Waals surface area contributed by atoms with Gasteiger partial charge in [-0.2, -0.15) is 13.8 Å². The van der Waals surface area contributed by atoms with Crippen molar-refractivity contribution < 1.29 is 8.78 Å². The molecule has 1 nitrogen and oxygen atoms in total. The molecule has 4 heteroatoms. The number of hydrogen-bond acceptors (Lipinski definition) is 2. The van der Waals surface area contributed by atoms with Crippen molar-refractivity contribution in [3.05, 3.63) is 16.1 Å². The Bertz CT molecular complexity index is 262. The van der Waals surface area contributed by atoms with Gasteiger partial charge in [0.2, 0.25) is 5.95 Å². The van der Waals surface area contributed by atoms with Crippen LogP contribution in [0.15, 0.2) is 0 Å². The molecule has 1 aromatic heterocycles. The fourth-order valence-electron chi connectivity index (χ4n) is 0.740. The predicted molar refractivity (Wildman–Crippen MR) is 40.7 cm³/mol. The van der Waals surface area contributed by atoms with Crippen LogP contribution in [0, 0.1) is 11.2 Å². The van der Waals surface area contributed by atoms with E-state index in [0.717, 1.165) is 11.3 Å². The van der Waals surface area contributed by atoms with E-state index in [1.165, 1.54) is 0 Å². The third-order valence-electron chi connectivity index (χ3n) is 1.24. The Labute approximate surface area is 68.1 Å². The van der Waals surface area contributed by atoms with Crippen LogP contribution in [0.1, 0.15) is 25.6 Å². The summed E-state index contributed by atoms with van der Waals surface area (Å²) in [5.74, 6) is -0.681. The highest BCUT2D eigenvalue weighted by Gasteiger charge is 2.23. The monoisotopic (exact) mass is 177 g/mol. The summed E-state index contributed by atoms with van der Waals surface area (Å²) in [4.78, 5) is 3.43. The van der Waals surface area contributed by atoms with E-state index in [0.29, 0.717) is 4.88 Å². The Morgan fingerprint density at radius 2 is 1.82 bits per heavy atom. The van der Waals surface area contributed by atoms with E-state index in [4.69, 9.17) is 0 Å². The van der Waals surface area contributed by atoms with Crippen molar-refractivity contribution in [3.8, 4) is 0 Å². The zero-order chi connectivity index (χ0) is 8.65. The summed E-state index contributed by atoms with van der Waals surface area (Å²) < 4.78 is 25.2. The summed E-state index contributed by atoms with van der Waals surface area (Å²) in [5.41, 5.74) is -0.355. The molecule has 0 aromatic carbocycles. The van der Waals surface area contributed by atoms with Crippen molar-refractivity contribution in [2.75, 3.05) is 0 Å². The Morgan fingerprint density at radius 3 is 2.00 bits per heavy atom. The molecule has 1 aromatic rings. The van der Waals surface area contributed by atoms with Crippen LogP contribution in [-0.2, 0) is 5.41 Å². The van der Waals surface area contributed by atoms with E-state index >= 15 is 0 Å². The highest BCUT2D eigenvalue weighted by atomic mass is 32.1. The lowest BCUT2D eigenvalue weighted by atomic mass is 9.95. The van der Waals surface area contributed by atoms with Crippen molar-refractivity contribution in [1.29, 1.82) is 0 Å². The minimum absolute atomic E-state index is 0.355. The van der Waals surface area contributed by atoms with Crippen LogP contribution >= 0.6 is 11.3 Å². The van der Waals surface area contributed by atoms with Crippen molar-refractivity contribution in [2.45, 2.75) is 26.2 Å². The Morgan fingerprint density at radius 1 is 1.27 bits per heavy atom. The summed E-state index contributed by atoms with van der Waals surface area (Å²) in [6.07, 6.45) is 0. The van der Waals surface area contributed by atoms with Gasteiger partial charge < -0.3 is 0 Å². The first kappa shape index (κ1) is 8.59. The molecule has 0 N–H and O–H groups in total. The SMILES string of the molecule is CC(C)(C)c1sc(F)nc1F. The molecule has 11 heavy (non-hydrogen) atoms. The normalized spacial score (nSPS) is 12.1. The minimum Gasteiger partial charge on any atom is -0.184 e. The highest BCUT2D eigenvalue weighted by Crippen LogP contribution is 2.29. The first-order valence-electron chi connectivity index (χ1n) is 3.23. The molecule has 0 aliphatic rings. The van der Waals surface area contributed by atoms with Crippen LogP contribution < -0.4 is 0 Å². The number of nitrogens with zero attached hydrogens (tertiary/aromatic N) is 1. The van der Waals surface area contributed by atoms with Gasteiger partial charge in [-0.3, -0.25) is 0 Å². The van der Waals surface area contributed by atoms with Crippen LogP contribution in [0.3, 0.4) is 0 Å². The molecule has 0 saturated heterocycles. The molecule has 0 aliphatic carbocycles. The molecule has 0 atom stereocenters. The van der Waals surface area contributed by atoms with E-state index in [1.54, 1.807) is 0 Å². The number of hydrogen-bond donors (Lipinski definition) is 0. The number of aromatic nitrogens is 1. The van der Waals surface area contributed by atoms with Gasteiger partial charge in [0.1, 0.15) is 0 Å². The van der Waals surface area contributed by atoms with Gasteiger partial charge in [0.15, 0.2) is 0 Å². The Balaban J connectivity index is 3.13. The molecule has 0 aliphatic heterocycles. The molecule has 0 spiro atoms. The second-order valence-electron chi connectivity index (χ2n) is 3.34. The summed E-state index contributed by atoms with van der Waals surface area (Å²) in [6.45, 7) is 5.47. The summed E-state index contributed by atoms with van der Waals surface area (Å²) in [5, 5.41) is -0.701. The molecule has 0 radical (unpaired) electrons. The van der Waals surface area contributed by atoms with Crippen LogP contribution in [0.2, 0.25) is 0 Å². The molecule has 62 valence electrons. The van der Waals surface area contributed by atoms with Gasteiger partial charge in [0, 0.05) is 5.41 Å². The lowest BCUT2D eigenvalue weighted by Gasteiger charge is -2.14. The van der Waals surface area contributed by atoms with Gasteiger partial charge in [-0.15, -0.1) is 0 Å². The Hall–Kier alpha value is -0.510. The quantitative estimate of drug-likeness (QED) is 0.593. The van der Waals surface area contributed by atoms with Gasteiger partial charge >= 0.3 is 0 Å². The summed E-state index contributed by atoms with van der Waals surface area (Å²) >= 11 is 0.769. The number of halogens is 2. The number of thiazole rings is 1.